The first kappa shape index (κ1) is 39.7. The summed E-state index contributed by atoms with van der Waals surface area (Å²) in [6.45, 7) is 7.51. The first-order chi connectivity index (χ1) is 27.0. The van der Waals surface area contributed by atoms with Crippen LogP contribution in [0, 0.1) is 5.41 Å². The van der Waals surface area contributed by atoms with Crippen LogP contribution < -0.4 is 5.32 Å². The van der Waals surface area contributed by atoms with Crippen molar-refractivity contribution in [2.75, 3.05) is 19.7 Å². The number of carbonyl (C=O) groups excluding carboxylic acids is 2. The van der Waals surface area contributed by atoms with Crippen LogP contribution >= 0.6 is 0 Å². The fraction of sp³-hybridized carbons (Fsp3) is 0.429. The summed E-state index contributed by atoms with van der Waals surface area (Å²) < 4.78 is 6.05. The van der Waals surface area contributed by atoms with E-state index in [4.69, 9.17) is 4.74 Å². The molecule has 2 amide bonds. The zero-order chi connectivity index (χ0) is 39.3. The number of hydrogen-bond acceptors (Lipinski definition) is 5. The molecule has 294 valence electrons. The quantitative estimate of drug-likeness (QED) is 0.117. The van der Waals surface area contributed by atoms with Crippen molar-refractivity contribution >= 4 is 11.8 Å². The van der Waals surface area contributed by atoms with E-state index in [0.29, 0.717) is 56.4 Å². The number of carbonyl (C=O) groups is 2. The van der Waals surface area contributed by atoms with E-state index in [0.717, 1.165) is 53.5 Å². The van der Waals surface area contributed by atoms with E-state index in [9.17, 15) is 19.8 Å². The number of aliphatic hydroxyl groups excluding tert-OH is 1. The number of allylic oxidation sites excluding steroid dienone is 2. The van der Waals surface area contributed by atoms with Crippen molar-refractivity contribution in [2.45, 2.75) is 108 Å². The third-order valence-corrected chi connectivity index (χ3v) is 13.0. The number of fused-ring (bicyclic) bond motifs is 8. The van der Waals surface area contributed by atoms with Gasteiger partial charge in [-0.1, -0.05) is 116 Å². The minimum absolute atomic E-state index is 0.0640. The second-order valence-electron chi connectivity index (χ2n) is 16.8. The Balaban J connectivity index is 1.25. The first-order valence-electron chi connectivity index (χ1n) is 20.6. The Kier molecular flexibility index (Phi) is 12.2. The number of rotatable bonds is 9. The fourth-order valence-corrected chi connectivity index (χ4v) is 9.47. The second kappa shape index (κ2) is 17.3. The predicted molar refractivity (Wildman–Crippen MR) is 223 cm³/mol. The van der Waals surface area contributed by atoms with E-state index in [1.807, 2.05) is 85.8 Å². The minimum Gasteiger partial charge on any atom is -0.393 e. The molecule has 0 spiro atoms. The van der Waals surface area contributed by atoms with Gasteiger partial charge < -0.3 is 25.2 Å². The van der Waals surface area contributed by atoms with Crippen LogP contribution in [0.2, 0.25) is 0 Å². The van der Waals surface area contributed by atoms with Crippen molar-refractivity contribution in [3.8, 4) is 11.1 Å². The van der Waals surface area contributed by atoms with Crippen molar-refractivity contribution in [3.63, 3.8) is 0 Å². The van der Waals surface area contributed by atoms with Crippen LogP contribution in [-0.4, -0.2) is 64.4 Å². The monoisotopic (exact) mass is 754 g/mol. The number of amides is 2. The Labute approximate surface area is 332 Å². The van der Waals surface area contributed by atoms with Crippen molar-refractivity contribution in [3.05, 3.63) is 143 Å². The second-order valence-corrected chi connectivity index (χ2v) is 16.8. The number of nitrogens with zero attached hydrogens (tertiary/aromatic N) is 1. The molecule has 7 nitrogen and oxygen atoms in total. The molecule has 0 aromatic heterocycles. The number of benzene rings is 4. The zero-order valence-corrected chi connectivity index (χ0v) is 33.3. The normalized spacial score (nSPS) is 25.8. The third kappa shape index (κ3) is 8.71. The van der Waals surface area contributed by atoms with Crippen LogP contribution in [-0.2, 0) is 11.2 Å². The Hall–Kier alpha value is -4.56. The Morgan fingerprint density at radius 3 is 2.34 bits per heavy atom. The molecule has 0 unspecified atom stereocenters. The highest BCUT2D eigenvalue weighted by Gasteiger charge is 2.58. The molecule has 4 aromatic rings. The average Bonchev–Trinajstić information content (AvgIpc) is 3.82. The summed E-state index contributed by atoms with van der Waals surface area (Å²) in [5, 5.41) is 27.4. The molecule has 4 aliphatic rings. The van der Waals surface area contributed by atoms with Gasteiger partial charge in [0, 0.05) is 29.7 Å². The summed E-state index contributed by atoms with van der Waals surface area (Å²) in [5.41, 5.74) is 5.52. The molecule has 1 aliphatic heterocycles. The molecule has 2 fully saturated rings. The smallest absolute Gasteiger partial charge is 0.318 e. The van der Waals surface area contributed by atoms with Crippen molar-refractivity contribution < 1.29 is 24.5 Å². The van der Waals surface area contributed by atoms with Crippen molar-refractivity contribution in [1.82, 2.24) is 10.2 Å². The number of ketones is 1. The third-order valence-electron chi connectivity index (χ3n) is 13.0. The lowest BCUT2D eigenvalue weighted by molar-refractivity contribution is -0.0808. The van der Waals surface area contributed by atoms with Crippen molar-refractivity contribution in [2.24, 2.45) is 5.41 Å². The predicted octanol–water partition coefficient (Wildman–Crippen LogP) is 9.57. The zero-order valence-electron chi connectivity index (χ0n) is 33.3. The topological polar surface area (TPSA) is 99.1 Å². The molecule has 8 rings (SSSR count). The van der Waals surface area contributed by atoms with Crippen LogP contribution in [0.3, 0.4) is 0 Å². The van der Waals surface area contributed by atoms with Crippen LogP contribution in [0.15, 0.2) is 115 Å². The number of hydrogen-bond donors (Lipinski definition) is 3. The SMILES string of the molecule is CC1=CCC[C@@]2(C)[C@@H](CC[C@@]2(O)CN(C[C@H]2CCCO2)C(=O)N[C@H](C)c2ccccc2)c2ccc(cc2C(=O)c2ccc(-c3ccccc3)cc2)C[C@@H](O)CC1. The van der Waals surface area contributed by atoms with Gasteiger partial charge in [-0.25, -0.2) is 4.79 Å². The lowest BCUT2D eigenvalue weighted by Crippen LogP contribution is -2.56. The maximum atomic E-state index is 14.7. The van der Waals surface area contributed by atoms with Crippen LogP contribution in [0.5, 0.6) is 0 Å². The van der Waals surface area contributed by atoms with E-state index in [1.165, 1.54) is 5.57 Å². The maximum absolute atomic E-state index is 14.7. The molecular weight excluding hydrogens is 697 g/mol. The standard InChI is InChI=1S/C49H58N2O5/c1-34-12-10-27-48(3)45(26-28-49(48,55)33-51(32-42-17-11-29-56-42)47(54)50-35(2)37-13-6-4-7-14-37)43-25-19-36(30-41(52)24-18-34)31-44(43)46(53)40-22-20-39(21-23-40)38-15-8-5-9-16-38/h4-9,12-16,19-23,25,31,35,41-42,45,52,55H,10-11,17-18,24,26-30,32-33H2,1-3H3,(H,50,54)/t35-,41+,42-,45+,48+,49-/m1/s1. The van der Waals surface area contributed by atoms with Gasteiger partial charge in [-0.3, -0.25) is 4.79 Å². The van der Waals surface area contributed by atoms with Gasteiger partial charge in [-0.15, -0.1) is 0 Å². The molecule has 4 aromatic carbocycles. The average molecular weight is 755 g/mol. The van der Waals surface area contributed by atoms with Gasteiger partial charge in [-0.05, 0) is 111 Å². The van der Waals surface area contributed by atoms with Gasteiger partial charge in [0.2, 0.25) is 0 Å². The van der Waals surface area contributed by atoms with Crippen LogP contribution in [0.4, 0.5) is 4.79 Å². The van der Waals surface area contributed by atoms with Crippen molar-refractivity contribution in [1.29, 1.82) is 0 Å². The highest BCUT2D eigenvalue weighted by Crippen LogP contribution is 2.59. The highest BCUT2D eigenvalue weighted by molar-refractivity contribution is 6.10. The summed E-state index contributed by atoms with van der Waals surface area (Å²) in [4.78, 5) is 30.7. The maximum Gasteiger partial charge on any atom is 0.318 e. The van der Waals surface area contributed by atoms with E-state index in [-0.39, 0.29) is 36.4 Å². The summed E-state index contributed by atoms with van der Waals surface area (Å²) in [6, 6.07) is 33.6. The molecule has 7 heteroatoms. The van der Waals surface area contributed by atoms with Gasteiger partial charge in [0.1, 0.15) is 0 Å². The van der Waals surface area contributed by atoms with Gasteiger partial charge in [0.15, 0.2) is 5.78 Å². The fourth-order valence-electron chi connectivity index (χ4n) is 9.47. The van der Waals surface area contributed by atoms with Gasteiger partial charge >= 0.3 is 6.03 Å². The Morgan fingerprint density at radius 2 is 1.62 bits per heavy atom. The Bertz CT molecular complexity index is 1990. The lowest BCUT2D eigenvalue weighted by Gasteiger charge is -2.46. The minimum atomic E-state index is -1.24. The highest BCUT2D eigenvalue weighted by atomic mass is 16.5. The van der Waals surface area contributed by atoms with E-state index < -0.39 is 17.1 Å². The van der Waals surface area contributed by atoms with Gasteiger partial charge in [0.25, 0.3) is 0 Å². The molecule has 3 N–H and O–H groups in total. The number of nitrogens with one attached hydrogen (secondary N) is 1. The van der Waals surface area contributed by atoms with E-state index in [1.54, 1.807) is 4.90 Å². The molecular formula is C49H58N2O5. The summed E-state index contributed by atoms with van der Waals surface area (Å²) in [6.07, 6.45) is 7.90. The number of aliphatic hydroxyl groups is 2. The summed E-state index contributed by atoms with van der Waals surface area (Å²) in [5.74, 6) is -0.215. The summed E-state index contributed by atoms with van der Waals surface area (Å²) in [7, 11) is 0. The molecule has 2 bridgehead atoms. The first-order valence-corrected chi connectivity index (χ1v) is 20.6. The number of ether oxygens (including phenoxy) is 1. The van der Waals surface area contributed by atoms with Gasteiger partial charge in [-0.2, -0.15) is 0 Å². The van der Waals surface area contributed by atoms with E-state index in [2.05, 4.69) is 49.5 Å². The van der Waals surface area contributed by atoms with Crippen LogP contribution in [0.1, 0.15) is 117 Å². The number of urea groups is 1. The molecule has 0 radical (unpaired) electrons. The van der Waals surface area contributed by atoms with Gasteiger partial charge in [0.05, 0.1) is 30.4 Å². The molecule has 6 atom stereocenters. The van der Waals surface area contributed by atoms with Crippen LogP contribution in [0.25, 0.3) is 11.1 Å². The molecule has 1 heterocycles. The Morgan fingerprint density at radius 1 is 0.911 bits per heavy atom. The molecule has 3 aliphatic carbocycles. The lowest BCUT2D eigenvalue weighted by atomic mass is 9.64. The molecule has 56 heavy (non-hydrogen) atoms. The molecule has 1 saturated carbocycles. The largest absolute Gasteiger partial charge is 0.393 e. The summed E-state index contributed by atoms with van der Waals surface area (Å²) >= 11 is 0. The van der Waals surface area contributed by atoms with E-state index >= 15 is 0 Å². The molecule has 1 saturated heterocycles.